The lowest BCUT2D eigenvalue weighted by Gasteiger charge is -2.27. The molecule has 0 heterocycles. The van der Waals surface area contributed by atoms with Gasteiger partial charge in [-0.1, -0.05) is 60.7 Å². The van der Waals surface area contributed by atoms with Crippen LogP contribution in [0.2, 0.25) is 0 Å². The summed E-state index contributed by atoms with van der Waals surface area (Å²) in [4.78, 5) is 12.5. The monoisotopic (exact) mass is 284 g/mol. The minimum Gasteiger partial charge on any atom is -0.394 e. The average Bonchev–Trinajstić information content (AvgIpc) is 2.54. The van der Waals surface area contributed by atoms with Crippen LogP contribution in [-0.2, 0) is 10.3 Å². The highest BCUT2D eigenvalue weighted by atomic mass is 16.3. The fourth-order valence-electron chi connectivity index (χ4n) is 2.14. The first-order chi connectivity index (χ1) is 10.1. The van der Waals surface area contributed by atoms with Crippen LogP contribution in [0.25, 0.3) is 0 Å². The highest BCUT2D eigenvalue weighted by molar-refractivity contribution is 5.87. The maximum Gasteiger partial charge on any atom is 0.244 e. The third-order valence-electron chi connectivity index (χ3n) is 3.53. The number of carbonyl (C=O) groups excluding carboxylic acids is 1. The molecule has 1 amide bonds. The number of hydrogen-bond donors (Lipinski definition) is 3. The fraction of sp³-hybridized carbons (Fsp3) is 0.235. The number of rotatable bonds is 5. The maximum absolute atomic E-state index is 12.5. The van der Waals surface area contributed by atoms with Crippen LogP contribution in [0.15, 0.2) is 60.7 Å². The molecule has 0 spiro atoms. The molecule has 2 rings (SSSR count). The Morgan fingerprint density at radius 2 is 1.67 bits per heavy atom. The van der Waals surface area contributed by atoms with Crippen LogP contribution < -0.4 is 11.1 Å². The van der Waals surface area contributed by atoms with Crippen LogP contribution in [0.4, 0.5) is 0 Å². The number of aliphatic hydroxyl groups is 1. The summed E-state index contributed by atoms with van der Waals surface area (Å²) in [7, 11) is 0. The van der Waals surface area contributed by atoms with Gasteiger partial charge < -0.3 is 16.2 Å². The van der Waals surface area contributed by atoms with Gasteiger partial charge in [0.05, 0.1) is 12.6 Å². The van der Waals surface area contributed by atoms with E-state index >= 15 is 0 Å². The zero-order valence-electron chi connectivity index (χ0n) is 12.0. The lowest BCUT2D eigenvalue weighted by molar-refractivity contribution is -0.127. The van der Waals surface area contributed by atoms with E-state index in [1.807, 2.05) is 60.7 Å². The molecule has 1 unspecified atom stereocenters. The van der Waals surface area contributed by atoms with Gasteiger partial charge in [0.25, 0.3) is 0 Å². The molecule has 21 heavy (non-hydrogen) atoms. The van der Waals surface area contributed by atoms with Crippen molar-refractivity contribution in [3.8, 4) is 0 Å². The largest absolute Gasteiger partial charge is 0.394 e. The first kappa shape index (κ1) is 15.2. The highest BCUT2D eigenvalue weighted by Gasteiger charge is 2.31. The smallest absolute Gasteiger partial charge is 0.244 e. The molecule has 0 saturated carbocycles. The normalized spacial score (nSPS) is 15.0. The summed E-state index contributed by atoms with van der Waals surface area (Å²) in [5.41, 5.74) is 6.59. The van der Waals surface area contributed by atoms with Gasteiger partial charge in [0.15, 0.2) is 0 Å². The molecular formula is C17H20N2O2. The Balaban J connectivity index is 2.16. The van der Waals surface area contributed by atoms with Gasteiger partial charge in [-0.05, 0) is 18.1 Å². The van der Waals surface area contributed by atoms with E-state index in [2.05, 4.69) is 5.32 Å². The van der Waals surface area contributed by atoms with Gasteiger partial charge >= 0.3 is 0 Å². The second-order valence-electron chi connectivity index (χ2n) is 5.19. The van der Waals surface area contributed by atoms with Crippen molar-refractivity contribution in [2.24, 2.45) is 5.73 Å². The van der Waals surface area contributed by atoms with Gasteiger partial charge in [-0.15, -0.1) is 0 Å². The van der Waals surface area contributed by atoms with E-state index < -0.39 is 11.6 Å². The molecule has 4 nitrogen and oxygen atoms in total. The highest BCUT2D eigenvalue weighted by Crippen LogP contribution is 2.20. The summed E-state index contributed by atoms with van der Waals surface area (Å²) in [6, 6.07) is 18.1. The Bertz CT molecular complexity index is 582. The fourth-order valence-corrected chi connectivity index (χ4v) is 2.14. The Morgan fingerprint density at radius 1 is 1.14 bits per heavy atom. The van der Waals surface area contributed by atoms with Crippen LogP contribution in [-0.4, -0.2) is 17.6 Å². The van der Waals surface area contributed by atoms with E-state index in [9.17, 15) is 9.90 Å². The predicted molar refractivity (Wildman–Crippen MR) is 82.4 cm³/mol. The number of aliphatic hydroxyl groups excluding tert-OH is 1. The number of amides is 1. The standard InChI is InChI=1S/C17H20N2O2/c1-17(18,14-10-6-3-7-11-14)16(21)19-15(12-20)13-8-4-2-5-9-13/h2-11,15,20H,12,18H2,1H3,(H,19,21)/t15-,17?/m1/s1. The molecule has 4 heteroatoms. The Hall–Kier alpha value is -2.17. The van der Waals surface area contributed by atoms with Gasteiger partial charge in [0.1, 0.15) is 5.54 Å². The predicted octanol–water partition coefficient (Wildman–Crippen LogP) is 1.71. The van der Waals surface area contributed by atoms with E-state index in [0.717, 1.165) is 11.1 Å². The Labute approximate surface area is 124 Å². The van der Waals surface area contributed by atoms with Crippen molar-refractivity contribution in [2.75, 3.05) is 6.61 Å². The van der Waals surface area contributed by atoms with Crippen LogP contribution in [0.5, 0.6) is 0 Å². The molecule has 110 valence electrons. The van der Waals surface area contributed by atoms with Crippen molar-refractivity contribution in [1.29, 1.82) is 0 Å². The first-order valence-corrected chi connectivity index (χ1v) is 6.87. The van der Waals surface area contributed by atoms with Crippen molar-refractivity contribution >= 4 is 5.91 Å². The van der Waals surface area contributed by atoms with Crippen molar-refractivity contribution < 1.29 is 9.90 Å². The van der Waals surface area contributed by atoms with Crippen molar-refractivity contribution in [1.82, 2.24) is 5.32 Å². The number of hydrogen-bond acceptors (Lipinski definition) is 3. The summed E-state index contributed by atoms with van der Waals surface area (Å²) in [6.07, 6.45) is 0. The molecule has 2 aromatic carbocycles. The lowest BCUT2D eigenvalue weighted by atomic mass is 9.91. The summed E-state index contributed by atoms with van der Waals surface area (Å²) < 4.78 is 0. The minimum absolute atomic E-state index is 0.180. The molecule has 0 bridgehead atoms. The third-order valence-corrected chi connectivity index (χ3v) is 3.53. The molecule has 0 aromatic heterocycles. The van der Waals surface area contributed by atoms with Crippen LogP contribution >= 0.6 is 0 Å². The zero-order chi connectivity index (χ0) is 15.3. The number of nitrogens with two attached hydrogens (primary N) is 1. The molecule has 2 atom stereocenters. The zero-order valence-corrected chi connectivity index (χ0v) is 12.0. The average molecular weight is 284 g/mol. The minimum atomic E-state index is -1.15. The van der Waals surface area contributed by atoms with E-state index in [-0.39, 0.29) is 12.5 Å². The number of carbonyl (C=O) groups is 1. The van der Waals surface area contributed by atoms with Crippen LogP contribution in [0.3, 0.4) is 0 Å². The molecule has 0 aliphatic carbocycles. The third kappa shape index (κ3) is 3.48. The quantitative estimate of drug-likeness (QED) is 0.782. The van der Waals surface area contributed by atoms with Gasteiger partial charge in [-0.2, -0.15) is 0 Å². The van der Waals surface area contributed by atoms with Gasteiger partial charge in [-0.3, -0.25) is 4.79 Å². The summed E-state index contributed by atoms with van der Waals surface area (Å²) in [6.45, 7) is 1.48. The van der Waals surface area contributed by atoms with Crippen LogP contribution in [0, 0.1) is 0 Å². The van der Waals surface area contributed by atoms with Crippen molar-refractivity contribution in [3.05, 3.63) is 71.8 Å². The van der Waals surface area contributed by atoms with Crippen molar-refractivity contribution in [3.63, 3.8) is 0 Å². The second-order valence-corrected chi connectivity index (χ2v) is 5.19. The van der Waals surface area contributed by atoms with Crippen molar-refractivity contribution in [2.45, 2.75) is 18.5 Å². The van der Waals surface area contributed by atoms with Gasteiger partial charge in [-0.25, -0.2) is 0 Å². The molecule has 0 saturated heterocycles. The molecule has 0 aliphatic heterocycles. The van der Waals surface area contributed by atoms with Gasteiger partial charge in [0.2, 0.25) is 5.91 Å². The van der Waals surface area contributed by atoms with E-state index in [1.54, 1.807) is 6.92 Å². The van der Waals surface area contributed by atoms with E-state index in [4.69, 9.17) is 5.73 Å². The molecule has 2 aromatic rings. The summed E-state index contributed by atoms with van der Waals surface area (Å²) >= 11 is 0. The number of nitrogens with one attached hydrogen (secondary N) is 1. The Kier molecular flexibility index (Phi) is 4.73. The molecule has 4 N–H and O–H groups in total. The maximum atomic E-state index is 12.5. The first-order valence-electron chi connectivity index (χ1n) is 6.87. The molecule has 0 fully saturated rings. The van der Waals surface area contributed by atoms with Gasteiger partial charge in [0, 0.05) is 0 Å². The SMILES string of the molecule is CC(N)(C(=O)N[C@H](CO)c1ccccc1)c1ccccc1. The topological polar surface area (TPSA) is 75.4 Å². The summed E-state index contributed by atoms with van der Waals surface area (Å²) in [5, 5.41) is 12.3. The lowest BCUT2D eigenvalue weighted by Crippen LogP contribution is -2.50. The molecule has 0 radical (unpaired) electrons. The summed E-state index contributed by atoms with van der Waals surface area (Å²) in [5.74, 6) is -0.323. The van der Waals surface area contributed by atoms with Crippen LogP contribution in [0.1, 0.15) is 24.1 Å². The van der Waals surface area contributed by atoms with E-state index in [1.165, 1.54) is 0 Å². The number of benzene rings is 2. The van der Waals surface area contributed by atoms with E-state index in [0.29, 0.717) is 0 Å². The second kappa shape index (κ2) is 6.52. The molecular weight excluding hydrogens is 264 g/mol. The molecule has 0 aliphatic rings. The Morgan fingerprint density at radius 3 is 2.19 bits per heavy atom.